The van der Waals surface area contributed by atoms with Crippen LogP contribution in [0.4, 0.5) is 0 Å². The van der Waals surface area contributed by atoms with E-state index < -0.39 is 0 Å². The van der Waals surface area contributed by atoms with Crippen molar-refractivity contribution in [3.05, 3.63) is 59.7 Å². The Labute approximate surface area is 82.1 Å². The summed E-state index contributed by atoms with van der Waals surface area (Å²) in [4.78, 5) is 11.7. The number of Topliss-reactive ketones (excluding diaryl/α,β-unsaturated/α-hetero) is 1. The number of hydrogen-bond donors (Lipinski definition) is 0. The molecule has 3 rings (SSSR count). The first-order valence-corrected chi connectivity index (χ1v) is 4.55. The van der Waals surface area contributed by atoms with Crippen LogP contribution in [0.15, 0.2) is 48.6 Å². The fourth-order valence-electron chi connectivity index (χ4n) is 1.99. The van der Waals surface area contributed by atoms with Gasteiger partial charge in [0.25, 0.3) is 0 Å². The minimum Gasteiger partial charge on any atom is -0.289 e. The van der Waals surface area contributed by atoms with Crippen molar-refractivity contribution < 1.29 is 4.79 Å². The van der Waals surface area contributed by atoms with Crippen LogP contribution in [0.25, 0.3) is 11.1 Å². The molecule has 1 heteroatoms. The van der Waals surface area contributed by atoms with Crippen molar-refractivity contribution in [1.29, 1.82) is 0 Å². The topological polar surface area (TPSA) is 17.1 Å². The highest BCUT2D eigenvalue weighted by Crippen LogP contribution is 2.44. The lowest BCUT2D eigenvalue weighted by Crippen LogP contribution is -2.17. The number of ketones is 1. The van der Waals surface area contributed by atoms with E-state index in [1.807, 2.05) is 30.3 Å². The van der Waals surface area contributed by atoms with E-state index in [9.17, 15) is 4.79 Å². The zero-order valence-corrected chi connectivity index (χ0v) is 7.58. The van der Waals surface area contributed by atoms with E-state index in [-0.39, 0.29) is 5.78 Å². The maximum atomic E-state index is 11.7. The van der Waals surface area contributed by atoms with Crippen molar-refractivity contribution in [2.75, 3.05) is 0 Å². The highest BCUT2D eigenvalue weighted by molar-refractivity contribution is 6.42. The molecule has 0 heterocycles. The Morgan fingerprint density at radius 3 is 2.50 bits per heavy atom. The lowest BCUT2D eigenvalue weighted by Gasteiger charge is -2.27. The zero-order chi connectivity index (χ0) is 9.71. The number of allylic oxidation sites excluding steroid dienone is 5. The maximum absolute atomic E-state index is 11.7. The van der Waals surface area contributed by atoms with Gasteiger partial charge in [0.15, 0.2) is 5.78 Å². The quantitative estimate of drug-likeness (QED) is 0.561. The van der Waals surface area contributed by atoms with Crippen LogP contribution >= 0.6 is 0 Å². The van der Waals surface area contributed by atoms with Crippen molar-refractivity contribution in [1.82, 2.24) is 0 Å². The third-order valence-corrected chi connectivity index (χ3v) is 2.73. The van der Waals surface area contributed by atoms with Crippen molar-refractivity contribution in [3.8, 4) is 0 Å². The van der Waals surface area contributed by atoms with Crippen LogP contribution in [0.3, 0.4) is 0 Å². The van der Waals surface area contributed by atoms with Crippen LogP contribution in [0.5, 0.6) is 0 Å². The molecule has 0 amide bonds. The molecule has 0 saturated carbocycles. The Balaban J connectivity index is 2.24. The fraction of sp³-hybridized carbons (Fsp3) is 0. The molecule has 2 aliphatic carbocycles. The van der Waals surface area contributed by atoms with Crippen LogP contribution in [-0.2, 0) is 4.79 Å². The average molecular weight is 180 g/mol. The minimum atomic E-state index is 0.0706. The van der Waals surface area contributed by atoms with Gasteiger partial charge in [-0.3, -0.25) is 4.79 Å². The molecule has 0 N–H and O–H groups in total. The fourth-order valence-corrected chi connectivity index (χ4v) is 1.99. The summed E-state index contributed by atoms with van der Waals surface area (Å²) in [6, 6.07) is 7.97. The summed E-state index contributed by atoms with van der Waals surface area (Å²) < 4.78 is 0. The number of rotatable bonds is 0. The Bertz CT molecular complexity index is 530. The van der Waals surface area contributed by atoms with Crippen LogP contribution in [0, 0.1) is 0 Å². The molecule has 66 valence electrons. The second-order valence-electron chi connectivity index (χ2n) is 3.52. The summed E-state index contributed by atoms with van der Waals surface area (Å²) in [7, 11) is 0. The van der Waals surface area contributed by atoms with E-state index in [4.69, 9.17) is 0 Å². The molecule has 1 aromatic rings. The van der Waals surface area contributed by atoms with Gasteiger partial charge in [-0.15, -0.1) is 0 Å². The van der Waals surface area contributed by atoms with E-state index >= 15 is 0 Å². The molecule has 0 saturated heterocycles. The van der Waals surface area contributed by atoms with Gasteiger partial charge < -0.3 is 0 Å². The largest absolute Gasteiger partial charge is 0.289 e. The van der Waals surface area contributed by atoms with E-state index in [1.54, 1.807) is 6.08 Å². The van der Waals surface area contributed by atoms with Crippen molar-refractivity contribution in [2.45, 2.75) is 0 Å². The average Bonchev–Trinajstić information content (AvgIpc) is 2.18. The van der Waals surface area contributed by atoms with Gasteiger partial charge in [-0.05, 0) is 16.7 Å². The summed E-state index contributed by atoms with van der Waals surface area (Å²) in [5.41, 5.74) is 4.74. The van der Waals surface area contributed by atoms with Gasteiger partial charge in [0.05, 0.1) is 0 Å². The molecule has 0 atom stereocenters. The monoisotopic (exact) mass is 180 g/mol. The highest BCUT2D eigenvalue weighted by atomic mass is 16.1. The number of benzene rings is 1. The lowest BCUT2D eigenvalue weighted by molar-refractivity contribution is -0.110. The van der Waals surface area contributed by atoms with E-state index in [1.165, 1.54) is 5.56 Å². The van der Waals surface area contributed by atoms with Crippen LogP contribution in [-0.4, -0.2) is 5.78 Å². The first-order chi connectivity index (χ1) is 6.79. The zero-order valence-electron chi connectivity index (χ0n) is 7.58. The lowest BCUT2D eigenvalue weighted by atomic mass is 9.74. The summed E-state index contributed by atoms with van der Waals surface area (Å²) >= 11 is 0. The number of hydrogen-bond acceptors (Lipinski definition) is 1. The molecule has 0 aliphatic heterocycles. The van der Waals surface area contributed by atoms with Crippen molar-refractivity contribution in [3.63, 3.8) is 0 Å². The van der Waals surface area contributed by atoms with Gasteiger partial charge in [-0.2, -0.15) is 0 Å². The number of carbonyl (C=O) groups is 1. The van der Waals surface area contributed by atoms with Crippen LogP contribution in [0.1, 0.15) is 11.1 Å². The Morgan fingerprint density at radius 1 is 1.00 bits per heavy atom. The van der Waals surface area contributed by atoms with Gasteiger partial charge in [0, 0.05) is 11.1 Å². The normalized spacial score (nSPS) is 17.7. The molecule has 0 bridgehead atoms. The van der Waals surface area contributed by atoms with Gasteiger partial charge in [0.2, 0.25) is 0 Å². The first kappa shape index (κ1) is 7.51. The molecule has 0 fully saturated rings. The second kappa shape index (κ2) is 2.32. The SMILES string of the molecule is C=C1C=CC2=C(C1=O)c1ccccc12. The molecular weight excluding hydrogens is 172 g/mol. The van der Waals surface area contributed by atoms with Crippen LogP contribution in [0.2, 0.25) is 0 Å². The molecule has 1 aromatic carbocycles. The third-order valence-electron chi connectivity index (χ3n) is 2.73. The highest BCUT2D eigenvalue weighted by Gasteiger charge is 2.31. The molecular formula is C13H8O. The Morgan fingerprint density at radius 2 is 1.71 bits per heavy atom. The second-order valence-corrected chi connectivity index (χ2v) is 3.52. The summed E-state index contributed by atoms with van der Waals surface area (Å²) in [5.74, 6) is 0.0706. The predicted octanol–water partition coefficient (Wildman–Crippen LogP) is 2.61. The minimum absolute atomic E-state index is 0.0706. The molecule has 0 spiro atoms. The van der Waals surface area contributed by atoms with E-state index in [0.29, 0.717) is 5.57 Å². The number of fused-ring (bicyclic) bond motifs is 3. The van der Waals surface area contributed by atoms with E-state index in [0.717, 1.165) is 16.7 Å². The summed E-state index contributed by atoms with van der Waals surface area (Å²) in [6.07, 6.45) is 3.76. The summed E-state index contributed by atoms with van der Waals surface area (Å²) in [6.45, 7) is 3.72. The smallest absolute Gasteiger partial charge is 0.193 e. The standard InChI is InChI=1S/C13H8O/c1-8-6-7-11-9-4-2-3-5-10(9)12(11)13(8)14/h2-7H,1H2. The van der Waals surface area contributed by atoms with E-state index in [2.05, 4.69) is 6.58 Å². The molecule has 0 aromatic heterocycles. The van der Waals surface area contributed by atoms with Crippen molar-refractivity contribution >= 4 is 16.9 Å². The molecule has 0 radical (unpaired) electrons. The van der Waals surface area contributed by atoms with Crippen LogP contribution < -0.4 is 0 Å². The third kappa shape index (κ3) is 0.721. The van der Waals surface area contributed by atoms with Crippen molar-refractivity contribution in [2.24, 2.45) is 0 Å². The molecule has 1 nitrogen and oxygen atoms in total. The molecule has 2 aliphatic rings. The Kier molecular flexibility index (Phi) is 1.25. The van der Waals surface area contributed by atoms with Gasteiger partial charge in [-0.1, -0.05) is 43.0 Å². The molecule has 0 unspecified atom stereocenters. The summed E-state index contributed by atoms with van der Waals surface area (Å²) in [5, 5.41) is 0. The van der Waals surface area contributed by atoms with Gasteiger partial charge >= 0.3 is 0 Å². The predicted molar refractivity (Wildman–Crippen MR) is 56.5 cm³/mol. The maximum Gasteiger partial charge on any atom is 0.193 e. The molecule has 14 heavy (non-hydrogen) atoms. The van der Waals surface area contributed by atoms with Gasteiger partial charge in [0.1, 0.15) is 0 Å². The Hall–Kier alpha value is -1.89. The number of carbonyl (C=O) groups excluding carboxylic acids is 1. The first-order valence-electron chi connectivity index (χ1n) is 4.55. The van der Waals surface area contributed by atoms with Gasteiger partial charge in [-0.25, -0.2) is 0 Å².